The normalized spacial score (nSPS) is 22.5. The topological polar surface area (TPSA) is 35.0 Å². The fraction of sp³-hybridized carbons (Fsp3) is 0.800. The van der Waals surface area contributed by atoms with Gasteiger partial charge in [-0.05, 0) is 0 Å². The van der Waals surface area contributed by atoms with E-state index in [1.54, 1.807) is 0 Å². The molecule has 0 saturated carbocycles. The first-order valence-electron chi connectivity index (χ1n) is 5.32. The van der Waals surface area contributed by atoms with Crippen LogP contribution in [-0.4, -0.2) is 36.6 Å². The molecule has 0 amide bonds. The van der Waals surface area contributed by atoms with Gasteiger partial charge in [0.05, 0.1) is 0 Å². The predicted molar refractivity (Wildman–Crippen MR) is 55.6 cm³/mol. The van der Waals surface area contributed by atoms with Crippen molar-refractivity contribution in [3.05, 3.63) is 10.1 Å². The SMILES string of the molecule is CCO[C@H]1CCCCc2[se]nnc2C1. The average molecular weight is 259 g/mol. The summed E-state index contributed by atoms with van der Waals surface area (Å²) in [7, 11) is 0. The van der Waals surface area contributed by atoms with E-state index >= 15 is 0 Å². The molecule has 3 nitrogen and oxygen atoms in total. The summed E-state index contributed by atoms with van der Waals surface area (Å²) in [6.07, 6.45) is 6.37. The van der Waals surface area contributed by atoms with Crippen molar-refractivity contribution in [2.24, 2.45) is 0 Å². The van der Waals surface area contributed by atoms with Gasteiger partial charge in [-0.3, -0.25) is 0 Å². The van der Waals surface area contributed by atoms with Crippen LogP contribution >= 0.6 is 0 Å². The number of nitrogens with zero attached hydrogens (tertiary/aromatic N) is 2. The van der Waals surface area contributed by atoms with Gasteiger partial charge in [-0.2, -0.15) is 0 Å². The van der Waals surface area contributed by atoms with Gasteiger partial charge in [0.25, 0.3) is 0 Å². The van der Waals surface area contributed by atoms with Gasteiger partial charge in [-0.15, -0.1) is 0 Å². The molecule has 4 heteroatoms. The Morgan fingerprint density at radius 1 is 1.50 bits per heavy atom. The molecule has 2 rings (SSSR count). The van der Waals surface area contributed by atoms with Gasteiger partial charge in [-0.1, -0.05) is 0 Å². The Morgan fingerprint density at radius 2 is 2.43 bits per heavy atom. The molecule has 78 valence electrons. The van der Waals surface area contributed by atoms with E-state index in [1.807, 2.05) is 0 Å². The van der Waals surface area contributed by atoms with E-state index in [9.17, 15) is 0 Å². The zero-order chi connectivity index (χ0) is 9.80. The molecular weight excluding hydrogens is 243 g/mol. The summed E-state index contributed by atoms with van der Waals surface area (Å²) in [6.45, 7) is 2.88. The number of ether oxygens (including phenoxy) is 1. The van der Waals surface area contributed by atoms with Gasteiger partial charge in [0.1, 0.15) is 0 Å². The van der Waals surface area contributed by atoms with Gasteiger partial charge >= 0.3 is 90.5 Å². The molecule has 0 fully saturated rings. The van der Waals surface area contributed by atoms with E-state index < -0.39 is 0 Å². The van der Waals surface area contributed by atoms with Crippen molar-refractivity contribution in [2.45, 2.75) is 45.1 Å². The first kappa shape index (κ1) is 10.3. The van der Waals surface area contributed by atoms with E-state index in [1.165, 1.54) is 35.8 Å². The van der Waals surface area contributed by atoms with Crippen LogP contribution < -0.4 is 0 Å². The molecule has 0 saturated heterocycles. The van der Waals surface area contributed by atoms with Crippen molar-refractivity contribution >= 4 is 14.7 Å². The molecule has 0 radical (unpaired) electrons. The van der Waals surface area contributed by atoms with Crippen LogP contribution in [0.25, 0.3) is 0 Å². The molecule has 0 spiro atoms. The second kappa shape index (κ2) is 5.06. The number of hydrogen-bond donors (Lipinski definition) is 0. The quantitative estimate of drug-likeness (QED) is 0.749. The maximum atomic E-state index is 5.70. The molecule has 1 aromatic rings. The minimum absolute atomic E-state index is 0.309. The first-order valence-corrected chi connectivity index (χ1v) is 6.94. The van der Waals surface area contributed by atoms with Crippen LogP contribution in [0.2, 0.25) is 0 Å². The van der Waals surface area contributed by atoms with Gasteiger partial charge in [0.15, 0.2) is 0 Å². The predicted octanol–water partition coefficient (Wildman–Crippen LogP) is 1.21. The van der Waals surface area contributed by atoms with Crippen molar-refractivity contribution in [3.63, 3.8) is 0 Å². The molecule has 1 aliphatic carbocycles. The molecule has 0 N–H and O–H groups in total. The zero-order valence-corrected chi connectivity index (χ0v) is 10.2. The van der Waals surface area contributed by atoms with Crippen LogP contribution in [0.15, 0.2) is 0 Å². The number of hydrogen-bond acceptors (Lipinski definition) is 3. The summed E-state index contributed by atoms with van der Waals surface area (Å²) in [5, 5.41) is 4.24. The fourth-order valence-electron chi connectivity index (χ4n) is 1.93. The summed E-state index contributed by atoms with van der Waals surface area (Å²) in [5.41, 5.74) is 1.24. The van der Waals surface area contributed by atoms with E-state index in [2.05, 4.69) is 16.1 Å². The van der Waals surface area contributed by atoms with Crippen LogP contribution in [0, 0.1) is 0 Å². The van der Waals surface area contributed by atoms with Crippen molar-refractivity contribution < 1.29 is 4.74 Å². The third-order valence-corrected chi connectivity index (χ3v) is 4.37. The van der Waals surface area contributed by atoms with Crippen molar-refractivity contribution in [1.82, 2.24) is 9.19 Å². The van der Waals surface area contributed by atoms with Gasteiger partial charge < -0.3 is 0 Å². The number of aromatic nitrogens is 2. The zero-order valence-electron chi connectivity index (χ0n) is 8.53. The van der Waals surface area contributed by atoms with Gasteiger partial charge in [0, 0.05) is 0 Å². The Balaban J connectivity index is 2.07. The maximum absolute atomic E-state index is 5.70. The third-order valence-electron chi connectivity index (χ3n) is 2.64. The molecule has 0 aliphatic heterocycles. The molecule has 1 aliphatic rings. The first-order chi connectivity index (χ1) is 6.90. The van der Waals surface area contributed by atoms with E-state index in [-0.39, 0.29) is 0 Å². The van der Waals surface area contributed by atoms with Crippen LogP contribution in [0.1, 0.15) is 36.3 Å². The van der Waals surface area contributed by atoms with Crippen molar-refractivity contribution in [2.75, 3.05) is 6.61 Å². The summed E-state index contributed by atoms with van der Waals surface area (Å²) in [5.74, 6) is 0. The standard InChI is InChI=1S/C10H16N2OSe/c1-2-13-8-5-3-4-6-10-9(7-8)11-12-14-10/h8H,2-7H2,1H3/t8-/m0/s1. The Morgan fingerprint density at radius 3 is 3.29 bits per heavy atom. The van der Waals surface area contributed by atoms with E-state index in [0.29, 0.717) is 20.8 Å². The molecule has 0 aromatic carbocycles. The molecule has 0 unspecified atom stereocenters. The summed E-state index contributed by atoms with van der Waals surface area (Å²) < 4.78 is 11.4. The monoisotopic (exact) mass is 260 g/mol. The Kier molecular flexibility index (Phi) is 3.73. The second-order valence-electron chi connectivity index (χ2n) is 3.67. The summed E-state index contributed by atoms with van der Waals surface area (Å²) in [4.78, 5) is 0. The van der Waals surface area contributed by atoms with Gasteiger partial charge in [0.2, 0.25) is 0 Å². The van der Waals surface area contributed by atoms with Gasteiger partial charge in [-0.25, -0.2) is 0 Å². The van der Waals surface area contributed by atoms with Crippen LogP contribution in [0.5, 0.6) is 0 Å². The van der Waals surface area contributed by atoms with E-state index in [4.69, 9.17) is 4.74 Å². The molecule has 0 bridgehead atoms. The third kappa shape index (κ3) is 2.44. The number of rotatable bonds is 2. The number of fused-ring (bicyclic) bond motifs is 1. The minimum atomic E-state index is 0.309. The van der Waals surface area contributed by atoms with Crippen molar-refractivity contribution in [3.8, 4) is 0 Å². The van der Waals surface area contributed by atoms with Crippen LogP contribution in [0.4, 0.5) is 0 Å². The molecule has 14 heavy (non-hydrogen) atoms. The Labute approximate surface area is 90.8 Å². The van der Waals surface area contributed by atoms with Crippen LogP contribution in [-0.2, 0) is 17.6 Å². The average Bonchev–Trinajstić information content (AvgIpc) is 2.55. The van der Waals surface area contributed by atoms with Crippen LogP contribution in [0.3, 0.4) is 0 Å². The number of aryl methyl sites for hydroxylation is 1. The molecule has 1 atom stereocenters. The Hall–Kier alpha value is -0.181. The fourth-order valence-corrected chi connectivity index (χ4v) is 3.40. The van der Waals surface area contributed by atoms with E-state index in [0.717, 1.165) is 13.0 Å². The summed E-state index contributed by atoms with van der Waals surface area (Å²) in [6, 6.07) is 0. The molecular formula is C10H16N2OSe. The summed E-state index contributed by atoms with van der Waals surface area (Å²) >= 11 is 0.309. The second-order valence-corrected chi connectivity index (χ2v) is 5.43. The Bertz CT molecular complexity index is 287. The van der Waals surface area contributed by atoms with Crippen molar-refractivity contribution in [1.29, 1.82) is 0 Å². The molecule has 1 heterocycles. The molecule has 1 aromatic heterocycles.